The minimum absolute atomic E-state index is 0.179. The molecule has 3 heterocycles. The predicted molar refractivity (Wildman–Crippen MR) is 126 cm³/mol. The highest BCUT2D eigenvalue weighted by Gasteiger charge is 2.32. The summed E-state index contributed by atoms with van der Waals surface area (Å²) in [6, 6.07) is 10.9. The zero-order chi connectivity index (χ0) is 23.9. The van der Waals surface area contributed by atoms with E-state index in [4.69, 9.17) is 4.74 Å². The van der Waals surface area contributed by atoms with Crippen molar-refractivity contribution >= 4 is 29.5 Å². The molecule has 10 nitrogen and oxygen atoms in total. The van der Waals surface area contributed by atoms with E-state index in [0.717, 1.165) is 5.69 Å². The Balaban J connectivity index is 1.19. The number of hydrogen-bond donors (Lipinski definition) is 1. The fourth-order valence-corrected chi connectivity index (χ4v) is 4.20. The Bertz CT molecular complexity index is 973. The molecule has 1 aromatic heterocycles. The molecule has 2 aliphatic rings. The molecule has 0 radical (unpaired) electrons. The first-order valence-corrected chi connectivity index (χ1v) is 11.6. The lowest BCUT2D eigenvalue weighted by Gasteiger charge is -2.36. The van der Waals surface area contributed by atoms with Crippen molar-refractivity contribution in [2.75, 3.05) is 49.5 Å². The Morgan fingerprint density at radius 3 is 2.21 bits per heavy atom. The minimum atomic E-state index is -0.841. The molecule has 2 aliphatic heterocycles. The zero-order valence-electron chi connectivity index (χ0n) is 19.3. The molecule has 1 N–H and O–H groups in total. The first-order chi connectivity index (χ1) is 16.5. The third-order valence-electron chi connectivity index (χ3n) is 6.21. The summed E-state index contributed by atoms with van der Waals surface area (Å²) in [5.41, 5.74) is 0.735. The van der Waals surface area contributed by atoms with Crippen molar-refractivity contribution < 1.29 is 19.1 Å². The number of rotatable bonds is 5. The molecule has 0 saturated carbocycles. The lowest BCUT2D eigenvalue weighted by molar-refractivity contribution is -0.163. The summed E-state index contributed by atoms with van der Waals surface area (Å²) >= 11 is 0. The zero-order valence-corrected chi connectivity index (χ0v) is 19.3. The highest BCUT2D eigenvalue weighted by molar-refractivity contribution is 5.89. The summed E-state index contributed by atoms with van der Waals surface area (Å²) in [6.07, 6.45) is 3.57. The number of nitrogens with zero attached hydrogens (tertiary/aromatic N) is 5. The number of esters is 1. The van der Waals surface area contributed by atoms with Gasteiger partial charge in [0.1, 0.15) is 0 Å². The van der Waals surface area contributed by atoms with Crippen LogP contribution >= 0.6 is 0 Å². The number of benzene rings is 1. The van der Waals surface area contributed by atoms with Gasteiger partial charge in [-0.15, -0.1) is 0 Å². The van der Waals surface area contributed by atoms with Crippen molar-refractivity contribution in [3.8, 4) is 0 Å². The molecule has 3 amide bonds. The monoisotopic (exact) mass is 466 g/mol. The highest BCUT2D eigenvalue weighted by Crippen LogP contribution is 2.21. The van der Waals surface area contributed by atoms with Gasteiger partial charge in [0.2, 0.25) is 5.95 Å². The summed E-state index contributed by atoms with van der Waals surface area (Å²) in [5.74, 6) is -0.233. The first-order valence-electron chi connectivity index (χ1n) is 11.6. The number of aromatic nitrogens is 2. The quantitative estimate of drug-likeness (QED) is 0.672. The van der Waals surface area contributed by atoms with Crippen LogP contribution in [0.2, 0.25) is 0 Å². The van der Waals surface area contributed by atoms with Gasteiger partial charge >= 0.3 is 12.0 Å². The van der Waals surface area contributed by atoms with Crippen LogP contribution in [0.1, 0.15) is 19.8 Å². The predicted octanol–water partition coefficient (Wildman–Crippen LogP) is 2.00. The van der Waals surface area contributed by atoms with Crippen molar-refractivity contribution in [1.29, 1.82) is 0 Å². The van der Waals surface area contributed by atoms with E-state index < -0.39 is 6.10 Å². The molecule has 2 aromatic rings. The van der Waals surface area contributed by atoms with Crippen LogP contribution in [0.4, 0.5) is 16.4 Å². The van der Waals surface area contributed by atoms with E-state index in [-0.39, 0.29) is 23.8 Å². The molecule has 34 heavy (non-hydrogen) atoms. The largest absolute Gasteiger partial charge is 0.452 e. The Kier molecular flexibility index (Phi) is 7.56. The van der Waals surface area contributed by atoms with Crippen LogP contribution < -0.4 is 10.2 Å². The lowest BCUT2D eigenvalue weighted by Crippen LogP contribution is -2.52. The fraction of sp³-hybridized carbons (Fsp3) is 0.458. The van der Waals surface area contributed by atoms with Crippen LogP contribution in [-0.2, 0) is 14.3 Å². The number of urea groups is 1. The number of anilines is 2. The van der Waals surface area contributed by atoms with Gasteiger partial charge in [-0.1, -0.05) is 18.2 Å². The standard InChI is InChI=1S/C24H30N6O4/c1-18(21(31)28-14-16-29(17-15-28)23-25-10-5-11-26-23)34-22(32)19-8-12-30(13-9-19)24(33)27-20-6-3-2-4-7-20/h2-7,10-11,18-19H,8-9,12-17H2,1H3,(H,27,33). The number of ether oxygens (including phenoxy) is 1. The topological polar surface area (TPSA) is 108 Å². The maximum absolute atomic E-state index is 12.8. The van der Waals surface area contributed by atoms with Crippen molar-refractivity contribution in [3.63, 3.8) is 0 Å². The summed E-state index contributed by atoms with van der Waals surface area (Å²) in [5, 5.41) is 2.86. The van der Waals surface area contributed by atoms with E-state index in [2.05, 4.69) is 15.3 Å². The molecule has 2 fully saturated rings. The normalized spacial score (nSPS) is 17.7. The van der Waals surface area contributed by atoms with E-state index >= 15 is 0 Å². The van der Waals surface area contributed by atoms with Crippen molar-refractivity contribution in [3.05, 3.63) is 48.8 Å². The summed E-state index contributed by atoms with van der Waals surface area (Å²) < 4.78 is 5.52. The smallest absolute Gasteiger partial charge is 0.321 e. The molecule has 4 rings (SSSR count). The molecule has 0 bridgehead atoms. The van der Waals surface area contributed by atoms with Crippen LogP contribution in [0.15, 0.2) is 48.8 Å². The second-order valence-corrected chi connectivity index (χ2v) is 8.50. The first kappa shape index (κ1) is 23.5. The molecule has 0 spiro atoms. The highest BCUT2D eigenvalue weighted by atomic mass is 16.5. The molecule has 1 unspecified atom stereocenters. The minimum Gasteiger partial charge on any atom is -0.452 e. The van der Waals surface area contributed by atoms with E-state index in [1.54, 1.807) is 35.2 Å². The Hall–Kier alpha value is -3.69. The number of para-hydroxylation sites is 1. The average molecular weight is 467 g/mol. The van der Waals surface area contributed by atoms with Crippen LogP contribution in [-0.4, -0.2) is 83.0 Å². The summed E-state index contributed by atoms with van der Waals surface area (Å²) in [6.45, 7) is 4.84. The molecule has 1 atom stereocenters. The number of nitrogens with one attached hydrogen (secondary N) is 1. The van der Waals surface area contributed by atoms with Crippen molar-refractivity contribution in [2.45, 2.75) is 25.9 Å². The van der Waals surface area contributed by atoms with Crippen LogP contribution in [0.5, 0.6) is 0 Å². The van der Waals surface area contributed by atoms with Crippen LogP contribution in [0.3, 0.4) is 0 Å². The number of likely N-dealkylation sites (tertiary alicyclic amines) is 1. The van der Waals surface area contributed by atoms with Gasteiger partial charge in [0, 0.05) is 57.3 Å². The van der Waals surface area contributed by atoms with Crippen LogP contribution in [0.25, 0.3) is 0 Å². The van der Waals surface area contributed by atoms with E-state index in [9.17, 15) is 14.4 Å². The molecular formula is C24H30N6O4. The molecule has 180 valence electrons. The third kappa shape index (κ3) is 5.81. The molecule has 1 aromatic carbocycles. The van der Waals surface area contributed by atoms with Gasteiger partial charge < -0.3 is 24.8 Å². The van der Waals surface area contributed by atoms with Crippen molar-refractivity contribution in [1.82, 2.24) is 19.8 Å². The molecular weight excluding hydrogens is 436 g/mol. The van der Waals surface area contributed by atoms with Gasteiger partial charge in [-0.3, -0.25) is 9.59 Å². The van der Waals surface area contributed by atoms with Crippen LogP contribution in [0, 0.1) is 5.92 Å². The van der Waals surface area contributed by atoms with Gasteiger partial charge in [0.05, 0.1) is 5.92 Å². The SMILES string of the molecule is CC(OC(=O)C1CCN(C(=O)Nc2ccccc2)CC1)C(=O)N1CCN(c2ncccn2)CC1. The third-order valence-corrected chi connectivity index (χ3v) is 6.21. The second-order valence-electron chi connectivity index (χ2n) is 8.50. The second kappa shape index (κ2) is 11.0. The van der Waals surface area contributed by atoms with Gasteiger partial charge in [-0.2, -0.15) is 0 Å². The van der Waals surface area contributed by atoms with E-state index in [0.29, 0.717) is 58.1 Å². The number of carbonyl (C=O) groups excluding carboxylic acids is 3. The number of hydrogen-bond acceptors (Lipinski definition) is 7. The number of amides is 3. The molecule has 0 aliphatic carbocycles. The van der Waals surface area contributed by atoms with Crippen molar-refractivity contribution in [2.24, 2.45) is 5.92 Å². The number of carbonyl (C=O) groups is 3. The van der Waals surface area contributed by atoms with E-state index in [1.165, 1.54) is 0 Å². The molecule has 2 saturated heterocycles. The molecule has 10 heteroatoms. The fourth-order valence-electron chi connectivity index (χ4n) is 4.20. The van der Waals surface area contributed by atoms with Gasteiger partial charge in [0.15, 0.2) is 6.10 Å². The lowest BCUT2D eigenvalue weighted by atomic mass is 9.97. The number of piperazine rings is 1. The Morgan fingerprint density at radius 2 is 1.56 bits per heavy atom. The van der Waals surface area contributed by atoms with Gasteiger partial charge in [-0.05, 0) is 38.0 Å². The maximum Gasteiger partial charge on any atom is 0.321 e. The van der Waals surface area contributed by atoms with E-state index in [1.807, 2.05) is 35.2 Å². The summed E-state index contributed by atoms with van der Waals surface area (Å²) in [4.78, 5) is 51.9. The average Bonchev–Trinajstić information content (AvgIpc) is 2.89. The number of piperidine rings is 1. The Morgan fingerprint density at radius 1 is 0.912 bits per heavy atom. The maximum atomic E-state index is 12.8. The summed E-state index contributed by atoms with van der Waals surface area (Å²) in [7, 11) is 0. The van der Waals surface area contributed by atoms with Gasteiger partial charge in [-0.25, -0.2) is 14.8 Å². The Labute approximate surface area is 198 Å². The van der Waals surface area contributed by atoms with Gasteiger partial charge in [0.25, 0.3) is 5.91 Å².